The molecule has 2 heterocycles. The van der Waals surface area contributed by atoms with Crippen LogP contribution in [0.5, 0.6) is 11.5 Å². The zero-order chi connectivity index (χ0) is 18.9. The molecule has 0 aliphatic carbocycles. The molecule has 1 aliphatic heterocycles. The average molecular weight is 373 g/mol. The third kappa shape index (κ3) is 3.44. The summed E-state index contributed by atoms with van der Waals surface area (Å²) in [5.74, 6) is 2.79. The van der Waals surface area contributed by atoms with Crippen molar-refractivity contribution in [2.75, 3.05) is 0 Å². The van der Waals surface area contributed by atoms with Gasteiger partial charge in [0.05, 0.1) is 6.26 Å². The van der Waals surface area contributed by atoms with Gasteiger partial charge in [0.1, 0.15) is 17.3 Å². The van der Waals surface area contributed by atoms with Crippen LogP contribution in [0.4, 0.5) is 0 Å². The van der Waals surface area contributed by atoms with Gasteiger partial charge in [-0.3, -0.25) is 0 Å². The number of rotatable bonds is 6. The number of furan rings is 1. The van der Waals surface area contributed by atoms with Crippen LogP contribution in [0.3, 0.4) is 0 Å². The molecule has 3 rings (SSSR count). The molecule has 142 valence electrons. The molecule has 0 unspecified atom stereocenters. The van der Waals surface area contributed by atoms with Crippen molar-refractivity contribution >= 4 is 8.32 Å². The number of aryl methyl sites for hydroxylation is 1. The molecular formula is C22H32O3Si. The van der Waals surface area contributed by atoms with Crippen molar-refractivity contribution in [2.24, 2.45) is 0 Å². The highest BCUT2D eigenvalue weighted by molar-refractivity contribution is 6.78. The topological polar surface area (TPSA) is 31.6 Å². The Morgan fingerprint density at radius 1 is 1.00 bits per heavy atom. The molecule has 0 bridgehead atoms. The van der Waals surface area contributed by atoms with Crippen LogP contribution in [-0.2, 0) is 6.42 Å². The quantitative estimate of drug-likeness (QED) is 0.517. The fraction of sp³-hybridized carbons (Fsp3) is 0.545. The smallest absolute Gasteiger partial charge is 0.258 e. The summed E-state index contributed by atoms with van der Waals surface area (Å²) in [6.45, 7) is 13.9. The van der Waals surface area contributed by atoms with Gasteiger partial charge in [-0.25, -0.2) is 0 Å². The molecule has 0 radical (unpaired) electrons. The zero-order valence-corrected chi connectivity index (χ0v) is 17.9. The number of hydrogen-bond donors (Lipinski definition) is 0. The van der Waals surface area contributed by atoms with Crippen molar-refractivity contribution in [3.63, 3.8) is 0 Å². The van der Waals surface area contributed by atoms with Gasteiger partial charge in [-0.2, -0.15) is 0 Å². The number of ether oxygens (including phenoxy) is 1. The van der Waals surface area contributed by atoms with Gasteiger partial charge in [-0.15, -0.1) is 0 Å². The first-order valence-electron chi connectivity index (χ1n) is 9.86. The SMILES string of the molecule is CC(C)[Si](Oc1ccc2c(c1)O[C@H](c1ccco1)CC2)(C(C)C)C(C)C. The highest BCUT2D eigenvalue weighted by Gasteiger charge is 2.47. The summed E-state index contributed by atoms with van der Waals surface area (Å²) in [6, 6.07) is 10.3. The standard InChI is InChI=1S/C22H32O3Si/c1-15(2)26(16(3)4,17(5)6)25-19-11-9-18-10-12-21(24-22(18)14-19)20-8-7-13-23-20/h7-9,11,13-17,21H,10,12H2,1-6H3/t21-/m0/s1. The number of fused-ring (bicyclic) bond motifs is 1. The lowest BCUT2D eigenvalue weighted by Crippen LogP contribution is -2.50. The van der Waals surface area contributed by atoms with E-state index in [0.717, 1.165) is 30.1 Å². The molecule has 0 amide bonds. The largest absolute Gasteiger partial charge is 0.543 e. The fourth-order valence-corrected chi connectivity index (χ4v) is 9.89. The predicted molar refractivity (Wildman–Crippen MR) is 109 cm³/mol. The van der Waals surface area contributed by atoms with Gasteiger partial charge in [0.15, 0.2) is 6.10 Å². The van der Waals surface area contributed by atoms with Crippen molar-refractivity contribution < 1.29 is 13.6 Å². The van der Waals surface area contributed by atoms with Gasteiger partial charge in [0, 0.05) is 6.07 Å². The van der Waals surface area contributed by atoms with E-state index in [9.17, 15) is 0 Å². The Kier molecular flexibility index (Phi) is 5.52. The Hall–Kier alpha value is -1.68. The highest BCUT2D eigenvalue weighted by atomic mass is 28.4. The molecule has 2 aromatic rings. The van der Waals surface area contributed by atoms with E-state index in [1.807, 2.05) is 12.1 Å². The summed E-state index contributed by atoms with van der Waals surface area (Å²) in [7, 11) is -1.96. The summed E-state index contributed by atoms with van der Waals surface area (Å²) in [5.41, 5.74) is 2.91. The van der Waals surface area contributed by atoms with Crippen LogP contribution >= 0.6 is 0 Å². The molecule has 1 aromatic carbocycles. The first kappa shape index (κ1) is 19.1. The van der Waals surface area contributed by atoms with E-state index >= 15 is 0 Å². The monoisotopic (exact) mass is 372 g/mol. The Balaban J connectivity index is 1.87. The first-order chi connectivity index (χ1) is 12.3. The first-order valence-corrected chi connectivity index (χ1v) is 12.0. The molecule has 0 spiro atoms. The van der Waals surface area contributed by atoms with Crippen LogP contribution in [-0.4, -0.2) is 8.32 Å². The second kappa shape index (κ2) is 7.51. The van der Waals surface area contributed by atoms with Crippen LogP contribution in [0, 0.1) is 0 Å². The van der Waals surface area contributed by atoms with Crippen molar-refractivity contribution in [3.05, 3.63) is 47.9 Å². The molecular weight excluding hydrogens is 340 g/mol. The molecule has 0 N–H and O–H groups in total. The zero-order valence-electron chi connectivity index (χ0n) is 16.9. The Morgan fingerprint density at radius 2 is 1.69 bits per heavy atom. The second-order valence-electron chi connectivity index (χ2n) is 8.35. The van der Waals surface area contributed by atoms with Crippen LogP contribution in [0.15, 0.2) is 41.0 Å². The van der Waals surface area contributed by atoms with E-state index in [-0.39, 0.29) is 6.10 Å². The van der Waals surface area contributed by atoms with Gasteiger partial charge >= 0.3 is 0 Å². The second-order valence-corrected chi connectivity index (χ2v) is 13.7. The summed E-state index contributed by atoms with van der Waals surface area (Å²) in [5, 5.41) is 0. The summed E-state index contributed by atoms with van der Waals surface area (Å²) >= 11 is 0. The minimum atomic E-state index is -1.96. The maximum Gasteiger partial charge on any atom is 0.258 e. The maximum atomic E-state index is 6.81. The third-order valence-electron chi connectivity index (χ3n) is 5.85. The Morgan fingerprint density at radius 3 is 2.27 bits per heavy atom. The van der Waals surface area contributed by atoms with Crippen LogP contribution in [0.2, 0.25) is 16.6 Å². The summed E-state index contributed by atoms with van der Waals surface area (Å²) in [4.78, 5) is 0. The maximum absolute atomic E-state index is 6.81. The van der Waals surface area contributed by atoms with Gasteiger partial charge in [0.25, 0.3) is 8.32 Å². The van der Waals surface area contributed by atoms with Crippen molar-refractivity contribution in [3.8, 4) is 11.5 Å². The summed E-state index contributed by atoms with van der Waals surface area (Å²) in [6.07, 6.45) is 3.66. The lowest BCUT2D eigenvalue weighted by molar-refractivity contribution is 0.150. The molecule has 1 aromatic heterocycles. The van der Waals surface area contributed by atoms with Crippen LogP contribution in [0.25, 0.3) is 0 Å². The molecule has 0 saturated heterocycles. The molecule has 26 heavy (non-hydrogen) atoms. The average Bonchev–Trinajstić information content (AvgIpc) is 3.12. The van der Waals surface area contributed by atoms with E-state index in [1.54, 1.807) is 6.26 Å². The lowest BCUT2D eigenvalue weighted by Gasteiger charge is -2.42. The van der Waals surface area contributed by atoms with Gasteiger partial charge in [-0.05, 0) is 53.2 Å². The van der Waals surface area contributed by atoms with Crippen LogP contribution in [0.1, 0.15) is 65.4 Å². The molecule has 0 saturated carbocycles. The number of benzene rings is 1. The highest BCUT2D eigenvalue weighted by Crippen LogP contribution is 2.44. The van der Waals surface area contributed by atoms with E-state index in [2.05, 4.69) is 59.7 Å². The van der Waals surface area contributed by atoms with E-state index in [0.29, 0.717) is 16.6 Å². The van der Waals surface area contributed by atoms with Gasteiger partial charge < -0.3 is 13.6 Å². The molecule has 3 nitrogen and oxygen atoms in total. The third-order valence-corrected chi connectivity index (χ3v) is 11.8. The molecule has 0 fully saturated rings. The van der Waals surface area contributed by atoms with Crippen molar-refractivity contribution in [2.45, 2.75) is 77.1 Å². The van der Waals surface area contributed by atoms with E-state index in [4.69, 9.17) is 13.6 Å². The normalized spacial score (nSPS) is 17.5. The van der Waals surface area contributed by atoms with Crippen molar-refractivity contribution in [1.29, 1.82) is 0 Å². The molecule has 1 aliphatic rings. The number of hydrogen-bond acceptors (Lipinski definition) is 3. The van der Waals surface area contributed by atoms with E-state index in [1.165, 1.54) is 5.56 Å². The van der Waals surface area contributed by atoms with E-state index < -0.39 is 8.32 Å². The minimum Gasteiger partial charge on any atom is -0.543 e. The summed E-state index contributed by atoms with van der Waals surface area (Å²) < 4.78 is 18.6. The Labute approximate surface area is 158 Å². The lowest BCUT2D eigenvalue weighted by atomic mass is 10.0. The van der Waals surface area contributed by atoms with Gasteiger partial charge in [0.2, 0.25) is 0 Å². The van der Waals surface area contributed by atoms with Gasteiger partial charge in [-0.1, -0.05) is 47.6 Å². The predicted octanol–water partition coefficient (Wildman–Crippen LogP) is 6.90. The van der Waals surface area contributed by atoms with Crippen molar-refractivity contribution in [1.82, 2.24) is 0 Å². The van der Waals surface area contributed by atoms with Crippen LogP contribution < -0.4 is 9.16 Å². The Bertz CT molecular complexity index is 697. The molecule has 4 heteroatoms. The minimum absolute atomic E-state index is 0.00458. The molecule has 1 atom stereocenters. The fourth-order valence-electron chi connectivity index (χ4n) is 4.65.